The average molecular weight is 180 g/mol. The predicted octanol–water partition coefficient (Wildman–Crippen LogP) is 2.40. The van der Waals surface area contributed by atoms with Crippen LogP contribution in [0.15, 0.2) is 21.3 Å². The van der Waals surface area contributed by atoms with Gasteiger partial charge in [0.2, 0.25) is 0 Å². The van der Waals surface area contributed by atoms with Gasteiger partial charge in [-0.1, -0.05) is 20.8 Å². The summed E-state index contributed by atoms with van der Waals surface area (Å²) in [6.07, 6.45) is 1.57. The molecule has 0 N–H and O–H groups in total. The zero-order valence-electron chi connectivity index (χ0n) is 8.46. The van der Waals surface area contributed by atoms with E-state index in [0.29, 0.717) is 5.92 Å². The van der Waals surface area contributed by atoms with Crippen molar-refractivity contribution >= 4 is 0 Å². The van der Waals surface area contributed by atoms with Crippen LogP contribution in [-0.4, -0.2) is 0 Å². The normalized spacial score (nSPS) is 10.8. The van der Waals surface area contributed by atoms with Crippen molar-refractivity contribution in [2.45, 2.75) is 33.6 Å². The Balaban J connectivity index is 2.92. The minimum atomic E-state index is -0.173. The molecule has 13 heavy (non-hydrogen) atoms. The van der Waals surface area contributed by atoms with Crippen LogP contribution in [-0.2, 0) is 12.8 Å². The molecule has 0 atom stereocenters. The molecule has 1 aromatic heterocycles. The van der Waals surface area contributed by atoms with Crippen molar-refractivity contribution in [2.75, 3.05) is 0 Å². The SMILES string of the molecule is CCc1ccc(CC(C)C)c(=O)o1. The summed E-state index contributed by atoms with van der Waals surface area (Å²) >= 11 is 0. The van der Waals surface area contributed by atoms with Gasteiger partial charge in [-0.2, -0.15) is 0 Å². The molecule has 2 nitrogen and oxygen atoms in total. The molecule has 1 aromatic rings. The van der Waals surface area contributed by atoms with Crippen LogP contribution < -0.4 is 5.63 Å². The molecule has 0 saturated carbocycles. The summed E-state index contributed by atoms with van der Waals surface area (Å²) in [7, 11) is 0. The van der Waals surface area contributed by atoms with E-state index in [1.165, 1.54) is 0 Å². The van der Waals surface area contributed by atoms with Gasteiger partial charge in [0.05, 0.1) is 0 Å². The van der Waals surface area contributed by atoms with Gasteiger partial charge < -0.3 is 4.42 Å². The van der Waals surface area contributed by atoms with Crippen LogP contribution in [0.4, 0.5) is 0 Å². The molecule has 0 amide bonds. The van der Waals surface area contributed by atoms with Crippen molar-refractivity contribution in [1.29, 1.82) is 0 Å². The van der Waals surface area contributed by atoms with Crippen LogP contribution in [0.2, 0.25) is 0 Å². The third-order valence-corrected chi connectivity index (χ3v) is 1.93. The largest absolute Gasteiger partial charge is 0.428 e. The Morgan fingerprint density at radius 2 is 2.08 bits per heavy atom. The third kappa shape index (κ3) is 2.72. The van der Waals surface area contributed by atoms with E-state index >= 15 is 0 Å². The second-order valence-electron chi connectivity index (χ2n) is 3.67. The van der Waals surface area contributed by atoms with Gasteiger partial charge in [0.1, 0.15) is 5.76 Å². The van der Waals surface area contributed by atoms with Gasteiger partial charge in [-0.3, -0.25) is 0 Å². The van der Waals surface area contributed by atoms with Crippen molar-refractivity contribution in [1.82, 2.24) is 0 Å². The summed E-state index contributed by atoms with van der Waals surface area (Å²) in [5.74, 6) is 1.26. The van der Waals surface area contributed by atoms with E-state index in [1.54, 1.807) is 0 Å². The average Bonchev–Trinajstić information content (AvgIpc) is 2.08. The van der Waals surface area contributed by atoms with Crippen molar-refractivity contribution in [2.24, 2.45) is 5.92 Å². The lowest BCUT2D eigenvalue weighted by molar-refractivity contribution is 0.451. The lowest BCUT2D eigenvalue weighted by Gasteiger charge is -2.03. The van der Waals surface area contributed by atoms with E-state index in [-0.39, 0.29) is 5.63 Å². The lowest BCUT2D eigenvalue weighted by atomic mass is 10.0. The molecule has 0 saturated heterocycles. The topological polar surface area (TPSA) is 30.2 Å². The first-order chi connectivity index (χ1) is 6.13. The van der Waals surface area contributed by atoms with Gasteiger partial charge in [-0.15, -0.1) is 0 Å². The molecule has 0 fully saturated rings. The molecule has 1 rings (SSSR count). The van der Waals surface area contributed by atoms with Gasteiger partial charge in [0.25, 0.3) is 0 Å². The molecule has 72 valence electrons. The van der Waals surface area contributed by atoms with Crippen molar-refractivity contribution < 1.29 is 4.42 Å². The maximum Gasteiger partial charge on any atom is 0.339 e. The van der Waals surface area contributed by atoms with Gasteiger partial charge >= 0.3 is 5.63 Å². The molecule has 0 aliphatic rings. The van der Waals surface area contributed by atoms with E-state index in [4.69, 9.17) is 4.42 Å². The highest BCUT2D eigenvalue weighted by atomic mass is 16.4. The van der Waals surface area contributed by atoms with Crippen molar-refractivity contribution in [3.8, 4) is 0 Å². The van der Waals surface area contributed by atoms with Crippen LogP contribution in [0.3, 0.4) is 0 Å². The Bertz CT molecular complexity index is 323. The van der Waals surface area contributed by atoms with E-state index in [2.05, 4.69) is 13.8 Å². The summed E-state index contributed by atoms with van der Waals surface area (Å²) in [5, 5.41) is 0. The molecular formula is C11H16O2. The highest BCUT2D eigenvalue weighted by Gasteiger charge is 2.04. The standard InChI is InChI=1S/C11H16O2/c1-4-10-6-5-9(7-8(2)3)11(12)13-10/h5-6,8H,4,7H2,1-3H3. The maximum atomic E-state index is 11.4. The monoisotopic (exact) mass is 180 g/mol. The predicted molar refractivity (Wildman–Crippen MR) is 52.9 cm³/mol. The Kier molecular flexibility index (Phi) is 3.29. The van der Waals surface area contributed by atoms with Crippen LogP contribution in [0.1, 0.15) is 32.1 Å². The third-order valence-electron chi connectivity index (χ3n) is 1.93. The summed E-state index contributed by atoms with van der Waals surface area (Å²) in [4.78, 5) is 11.4. The fourth-order valence-electron chi connectivity index (χ4n) is 1.26. The minimum absolute atomic E-state index is 0.173. The molecule has 0 bridgehead atoms. The number of rotatable bonds is 3. The molecule has 0 radical (unpaired) electrons. The molecule has 2 heteroatoms. The summed E-state index contributed by atoms with van der Waals surface area (Å²) in [6.45, 7) is 6.15. The molecule has 0 aliphatic carbocycles. The summed E-state index contributed by atoms with van der Waals surface area (Å²) < 4.78 is 5.10. The molecule has 0 aliphatic heterocycles. The highest BCUT2D eigenvalue weighted by Crippen LogP contribution is 2.05. The maximum absolute atomic E-state index is 11.4. The Morgan fingerprint density at radius 3 is 2.54 bits per heavy atom. The quantitative estimate of drug-likeness (QED) is 0.715. The van der Waals surface area contributed by atoms with Crippen molar-refractivity contribution in [3.05, 3.63) is 33.9 Å². The van der Waals surface area contributed by atoms with E-state index in [1.807, 2.05) is 19.1 Å². The Morgan fingerprint density at radius 1 is 1.38 bits per heavy atom. The van der Waals surface area contributed by atoms with E-state index in [0.717, 1.165) is 24.2 Å². The fourth-order valence-corrected chi connectivity index (χ4v) is 1.26. The number of hydrogen-bond donors (Lipinski definition) is 0. The molecule has 0 spiro atoms. The second-order valence-corrected chi connectivity index (χ2v) is 3.67. The van der Waals surface area contributed by atoms with Crippen molar-refractivity contribution in [3.63, 3.8) is 0 Å². The van der Waals surface area contributed by atoms with Gasteiger partial charge in [-0.05, 0) is 24.5 Å². The highest BCUT2D eigenvalue weighted by molar-refractivity contribution is 5.11. The fraction of sp³-hybridized carbons (Fsp3) is 0.545. The van der Waals surface area contributed by atoms with Crippen LogP contribution in [0, 0.1) is 5.92 Å². The first kappa shape index (κ1) is 10.0. The molecular weight excluding hydrogens is 164 g/mol. The zero-order chi connectivity index (χ0) is 9.84. The van der Waals surface area contributed by atoms with Gasteiger partial charge in [0.15, 0.2) is 0 Å². The lowest BCUT2D eigenvalue weighted by Crippen LogP contribution is -2.10. The first-order valence-electron chi connectivity index (χ1n) is 4.75. The minimum Gasteiger partial charge on any atom is -0.428 e. The van der Waals surface area contributed by atoms with Crippen LogP contribution in [0.25, 0.3) is 0 Å². The number of hydrogen-bond acceptors (Lipinski definition) is 2. The van der Waals surface area contributed by atoms with Gasteiger partial charge in [0, 0.05) is 12.0 Å². The second kappa shape index (κ2) is 4.26. The Labute approximate surface area is 78.6 Å². The van der Waals surface area contributed by atoms with Crippen LogP contribution >= 0.6 is 0 Å². The smallest absolute Gasteiger partial charge is 0.339 e. The molecule has 0 aromatic carbocycles. The van der Waals surface area contributed by atoms with E-state index < -0.39 is 0 Å². The first-order valence-corrected chi connectivity index (χ1v) is 4.75. The van der Waals surface area contributed by atoms with E-state index in [9.17, 15) is 4.79 Å². The summed E-state index contributed by atoms with van der Waals surface area (Å²) in [6, 6.07) is 3.77. The molecule has 1 heterocycles. The Hall–Kier alpha value is -1.05. The number of aryl methyl sites for hydroxylation is 1. The zero-order valence-corrected chi connectivity index (χ0v) is 8.46. The van der Waals surface area contributed by atoms with Gasteiger partial charge in [-0.25, -0.2) is 4.79 Å². The summed E-state index contributed by atoms with van der Waals surface area (Å²) in [5.41, 5.74) is 0.611. The molecule has 0 unspecified atom stereocenters. The van der Waals surface area contributed by atoms with Crippen LogP contribution in [0.5, 0.6) is 0 Å².